The van der Waals surface area contributed by atoms with E-state index in [0.717, 1.165) is 11.1 Å². The molecule has 4 heteroatoms. The lowest BCUT2D eigenvalue weighted by Crippen LogP contribution is -2.37. The Morgan fingerprint density at radius 1 is 1.05 bits per heavy atom. The van der Waals surface area contributed by atoms with E-state index < -0.39 is 5.60 Å². The van der Waals surface area contributed by atoms with Crippen molar-refractivity contribution >= 4 is 28.9 Å². The number of hydrogen-bond donors (Lipinski definition) is 1. The molecule has 19 heavy (non-hydrogen) atoms. The Morgan fingerprint density at radius 2 is 1.58 bits per heavy atom. The molecule has 0 aliphatic carbocycles. The van der Waals surface area contributed by atoms with Gasteiger partial charge in [-0.3, -0.25) is 0 Å². The summed E-state index contributed by atoms with van der Waals surface area (Å²) in [5.74, 6) is 0. The molecular formula is C15H13ClO2S. The predicted molar refractivity (Wildman–Crippen MR) is 80.9 cm³/mol. The first kappa shape index (κ1) is 14.0. The van der Waals surface area contributed by atoms with Gasteiger partial charge in [0.2, 0.25) is 0 Å². The third-order valence-electron chi connectivity index (χ3n) is 3.04. The molecule has 0 amide bonds. The van der Waals surface area contributed by atoms with Gasteiger partial charge in [0.25, 0.3) is 0 Å². The molecule has 2 aromatic carbocycles. The summed E-state index contributed by atoms with van der Waals surface area (Å²) in [5, 5.41) is 10.4. The molecule has 0 heterocycles. The molecule has 0 bridgehead atoms. The highest BCUT2D eigenvalue weighted by molar-refractivity contribution is 7.80. The smallest absolute Gasteiger partial charge is 0.199 e. The number of ether oxygens (including phenoxy) is 1. The zero-order valence-electron chi connectivity index (χ0n) is 10.3. The van der Waals surface area contributed by atoms with Gasteiger partial charge in [-0.15, -0.1) is 0 Å². The van der Waals surface area contributed by atoms with Crippen molar-refractivity contribution < 1.29 is 9.84 Å². The third-order valence-corrected chi connectivity index (χ3v) is 3.58. The van der Waals surface area contributed by atoms with Crippen molar-refractivity contribution in [1.29, 1.82) is 0 Å². The average Bonchev–Trinajstić information content (AvgIpc) is 2.43. The highest BCUT2D eigenvalue weighted by atomic mass is 35.5. The lowest BCUT2D eigenvalue weighted by atomic mass is 9.86. The summed E-state index contributed by atoms with van der Waals surface area (Å²) >= 11 is 10.9. The van der Waals surface area contributed by atoms with Crippen molar-refractivity contribution in [1.82, 2.24) is 0 Å². The van der Waals surface area contributed by atoms with Gasteiger partial charge in [0.05, 0.1) is 0 Å². The highest BCUT2D eigenvalue weighted by Crippen LogP contribution is 2.34. The quantitative estimate of drug-likeness (QED) is 0.860. The van der Waals surface area contributed by atoms with E-state index in [-0.39, 0.29) is 5.05 Å². The van der Waals surface area contributed by atoms with Gasteiger partial charge in [0, 0.05) is 12.1 Å². The van der Waals surface area contributed by atoms with Gasteiger partial charge >= 0.3 is 0 Å². The number of aliphatic hydroxyl groups is 1. The molecular weight excluding hydrogens is 280 g/mol. The lowest BCUT2D eigenvalue weighted by molar-refractivity contribution is 0.0709. The molecule has 2 aromatic rings. The van der Waals surface area contributed by atoms with E-state index in [1.807, 2.05) is 30.3 Å². The van der Waals surface area contributed by atoms with Crippen molar-refractivity contribution in [2.24, 2.45) is 0 Å². The third kappa shape index (κ3) is 2.50. The Balaban J connectivity index is 2.64. The van der Waals surface area contributed by atoms with Gasteiger partial charge in [-0.05, 0) is 35.5 Å². The van der Waals surface area contributed by atoms with Crippen molar-refractivity contribution in [2.45, 2.75) is 5.60 Å². The summed E-state index contributed by atoms with van der Waals surface area (Å²) < 4.78 is 5.58. The Morgan fingerprint density at radius 3 is 2.05 bits per heavy atom. The number of methoxy groups -OCH3 is 1. The maximum Gasteiger partial charge on any atom is 0.199 e. The molecule has 2 rings (SSSR count). The zero-order valence-corrected chi connectivity index (χ0v) is 11.9. The largest absolute Gasteiger partial charge is 0.499 e. The number of rotatable bonds is 4. The van der Waals surface area contributed by atoms with Crippen LogP contribution in [0.3, 0.4) is 0 Å². The fourth-order valence-corrected chi connectivity index (χ4v) is 2.54. The highest BCUT2D eigenvalue weighted by Gasteiger charge is 2.39. The molecule has 2 nitrogen and oxygen atoms in total. The van der Waals surface area contributed by atoms with Gasteiger partial charge < -0.3 is 9.84 Å². The SMILES string of the molecule is COC(C(O)=S)(c1ccccc1)c1ccc(Cl)cc1. The van der Waals surface area contributed by atoms with Gasteiger partial charge in [-0.25, -0.2) is 0 Å². The van der Waals surface area contributed by atoms with Crippen LogP contribution >= 0.6 is 23.8 Å². The second kappa shape index (κ2) is 5.70. The predicted octanol–water partition coefficient (Wildman–Crippen LogP) is 4.12. The standard InChI is InChI=1S/C15H13ClO2S/c1-18-15(14(17)19,11-5-3-2-4-6-11)12-7-9-13(16)10-8-12/h2-10H,1H3,(H,17,19). The molecule has 0 aliphatic rings. The maximum absolute atomic E-state index is 10.0. The summed E-state index contributed by atoms with van der Waals surface area (Å²) in [6.45, 7) is 0. The molecule has 0 aromatic heterocycles. The second-order valence-electron chi connectivity index (χ2n) is 4.06. The fraction of sp³-hybridized carbons (Fsp3) is 0.133. The minimum Gasteiger partial charge on any atom is -0.499 e. The van der Waals surface area contributed by atoms with E-state index in [2.05, 4.69) is 0 Å². The molecule has 1 N–H and O–H groups in total. The van der Waals surface area contributed by atoms with Crippen LogP contribution in [0.2, 0.25) is 5.02 Å². The van der Waals surface area contributed by atoms with Crippen LogP contribution in [0.25, 0.3) is 0 Å². The summed E-state index contributed by atoms with van der Waals surface area (Å²) in [4.78, 5) is 0. The maximum atomic E-state index is 10.0. The molecule has 1 unspecified atom stereocenters. The van der Waals surface area contributed by atoms with Crippen molar-refractivity contribution in [3.63, 3.8) is 0 Å². The summed E-state index contributed by atoms with van der Waals surface area (Å²) in [7, 11) is 1.52. The van der Waals surface area contributed by atoms with Gasteiger partial charge in [0.15, 0.2) is 10.7 Å². The van der Waals surface area contributed by atoms with Crippen molar-refractivity contribution in [2.75, 3.05) is 7.11 Å². The zero-order chi connectivity index (χ0) is 13.9. The summed E-state index contributed by atoms with van der Waals surface area (Å²) in [6.07, 6.45) is 0. The van der Waals surface area contributed by atoms with Crippen molar-refractivity contribution in [3.05, 3.63) is 70.7 Å². The summed E-state index contributed by atoms with van der Waals surface area (Å²) in [5.41, 5.74) is 0.353. The molecule has 1 atom stereocenters. The van der Waals surface area contributed by atoms with Crippen molar-refractivity contribution in [3.8, 4) is 0 Å². The van der Waals surface area contributed by atoms with E-state index in [4.69, 9.17) is 28.6 Å². The summed E-state index contributed by atoms with van der Waals surface area (Å²) in [6, 6.07) is 16.4. The number of halogens is 1. The van der Waals surface area contributed by atoms with E-state index in [9.17, 15) is 5.11 Å². The first-order valence-electron chi connectivity index (χ1n) is 5.71. The first-order chi connectivity index (χ1) is 9.11. The van der Waals surface area contributed by atoms with E-state index in [0.29, 0.717) is 5.02 Å². The van der Waals surface area contributed by atoms with Gasteiger partial charge in [-0.1, -0.05) is 54.1 Å². The van der Waals surface area contributed by atoms with Crippen LogP contribution in [0.4, 0.5) is 0 Å². The normalized spacial score (nSPS) is 13.8. The van der Waals surface area contributed by atoms with Crippen LogP contribution < -0.4 is 0 Å². The molecule has 98 valence electrons. The van der Waals surface area contributed by atoms with Crippen LogP contribution in [0.15, 0.2) is 54.6 Å². The number of aliphatic hydroxyl groups excluding tert-OH is 1. The van der Waals surface area contributed by atoms with Gasteiger partial charge in [-0.2, -0.15) is 0 Å². The number of hydrogen-bond acceptors (Lipinski definition) is 2. The van der Waals surface area contributed by atoms with E-state index in [1.54, 1.807) is 24.3 Å². The second-order valence-corrected chi connectivity index (χ2v) is 4.89. The lowest BCUT2D eigenvalue weighted by Gasteiger charge is -2.31. The van der Waals surface area contributed by atoms with Gasteiger partial charge in [0.1, 0.15) is 0 Å². The molecule has 0 aliphatic heterocycles. The van der Waals surface area contributed by atoms with Crippen LogP contribution in [0.5, 0.6) is 0 Å². The molecule has 0 spiro atoms. The minimum absolute atomic E-state index is 0.233. The van der Waals surface area contributed by atoms with E-state index >= 15 is 0 Å². The number of benzene rings is 2. The first-order valence-corrected chi connectivity index (χ1v) is 6.50. The van der Waals surface area contributed by atoms with E-state index in [1.165, 1.54) is 7.11 Å². The Labute approximate surface area is 122 Å². The minimum atomic E-state index is -1.15. The Bertz CT molecular complexity index is 568. The topological polar surface area (TPSA) is 29.5 Å². The molecule has 0 saturated carbocycles. The monoisotopic (exact) mass is 292 g/mol. The van der Waals surface area contributed by atoms with Crippen LogP contribution in [-0.4, -0.2) is 17.3 Å². The van der Waals surface area contributed by atoms with Crippen LogP contribution in [0.1, 0.15) is 11.1 Å². The van der Waals surface area contributed by atoms with Crippen LogP contribution in [-0.2, 0) is 10.3 Å². The molecule has 0 saturated heterocycles. The number of thiocarbonyl (C=S) groups is 1. The molecule has 0 radical (unpaired) electrons. The van der Waals surface area contributed by atoms with Crippen LogP contribution in [0, 0.1) is 0 Å². The average molecular weight is 293 g/mol. The fourth-order valence-electron chi connectivity index (χ4n) is 2.09. The Hall–Kier alpha value is -1.42. The Kier molecular flexibility index (Phi) is 4.20. The molecule has 0 fully saturated rings.